The minimum Gasteiger partial charge on any atom is -0.469 e. The van der Waals surface area contributed by atoms with Crippen LogP contribution in [0.2, 0.25) is 0 Å². The summed E-state index contributed by atoms with van der Waals surface area (Å²) >= 11 is 0. The highest BCUT2D eigenvalue weighted by molar-refractivity contribution is 5.73. The van der Waals surface area contributed by atoms with Crippen molar-refractivity contribution < 1.29 is 9.21 Å². The van der Waals surface area contributed by atoms with Gasteiger partial charge in [-0.3, -0.25) is 0 Å². The van der Waals surface area contributed by atoms with E-state index < -0.39 is 0 Å². The Morgan fingerprint density at radius 1 is 1.21 bits per heavy atom. The molecule has 0 unspecified atom stereocenters. The third-order valence-electron chi connectivity index (χ3n) is 4.78. The van der Waals surface area contributed by atoms with Gasteiger partial charge in [0.05, 0.1) is 6.26 Å². The number of likely N-dealkylation sites (tertiary alicyclic amines) is 1. The zero-order chi connectivity index (χ0) is 16.9. The fourth-order valence-electron chi connectivity index (χ4n) is 3.43. The lowest BCUT2D eigenvalue weighted by molar-refractivity contribution is 0.238. The summed E-state index contributed by atoms with van der Waals surface area (Å²) in [6.45, 7) is 5.10. The van der Waals surface area contributed by atoms with Gasteiger partial charge in [-0.2, -0.15) is 0 Å². The van der Waals surface area contributed by atoms with Crippen LogP contribution in [0.1, 0.15) is 22.8 Å². The Morgan fingerprint density at radius 3 is 2.71 bits per heavy atom. The van der Waals surface area contributed by atoms with Crippen molar-refractivity contribution in [2.75, 3.05) is 26.7 Å². The SMILES string of the molecule is Cc1occc1CNC(=O)NC[C@@H]1CN(C)C[C@H]1c1ccccc1. The zero-order valence-corrected chi connectivity index (χ0v) is 14.3. The molecule has 2 aromatic rings. The summed E-state index contributed by atoms with van der Waals surface area (Å²) in [4.78, 5) is 14.4. The fraction of sp³-hybridized carbons (Fsp3) is 0.421. The van der Waals surface area contributed by atoms with Crippen molar-refractivity contribution >= 4 is 6.03 Å². The normalized spacial score (nSPS) is 20.9. The number of rotatable bonds is 5. The molecule has 2 heterocycles. The highest BCUT2D eigenvalue weighted by atomic mass is 16.3. The number of carbonyl (C=O) groups is 1. The predicted molar refractivity (Wildman–Crippen MR) is 93.9 cm³/mol. The number of carbonyl (C=O) groups excluding carboxylic acids is 1. The standard InChI is InChI=1S/C19H25N3O2/c1-14-16(8-9-24-14)10-20-19(23)21-11-17-12-22(2)13-18(17)15-6-4-3-5-7-15/h3-9,17-18H,10-13H2,1-2H3,(H2,20,21,23)/t17-,18+/m1/s1. The van der Waals surface area contributed by atoms with Crippen LogP contribution in [-0.2, 0) is 6.54 Å². The summed E-state index contributed by atoms with van der Waals surface area (Å²) in [7, 11) is 2.14. The van der Waals surface area contributed by atoms with Gasteiger partial charge in [0.15, 0.2) is 0 Å². The number of aryl methyl sites for hydroxylation is 1. The fourth-order valence-corrected chi connectivity index (χ4v) is 3.43. The maximum Gasteiger partial charge on any atom is 0.315 e. The Morgan fingerprint density at radius 2 is 2.00 bits per heavy atom. The zero-order valence-electron chi connectivity index (χ0n) is 14.3. The minimum atomic E-state index is -0.128. The number of hydrogen-bond acceptors (Lipinski definition) is 3. The molecule has 1 aliphatic heterocycles. The molecular formula is C19H25N3O2. The largest absolute Gasteiger partial charge is 0.469 e. The highest BCUT2D eigenvalue weighted by Crippen LogP contribution is 2.31. The number of urea groups is 1. The first kappa shape index (κ1) is 16.6. The second-order valence-electron chi connectivity index (χ2n) is 6.56. The number of nitrogens with zero attached hydrogens (tertiary/aromatic N) is 1. The van der Waals surface area contributed by atoms with E-state index in [9.17, 15) is 4.79 Å². The first-order valence-corrected chi connectivity index (χ1v) is 8.41. The van der Waals surface area contributed by atoms with Gasteiger partial charge in [-0.1, -0.05) is 30.3 Å². The molecule has 2 N–H and O–H groups in total. The van der Waals surface area contributed by atoms with Crippen molar-refractivity contribution in [3.8, 4) is 0 Å². The van der Waals surface area contributed by atoms with E-state index in [4.69, 9.17) is 4.42 Å². The van der Waals surface area contributed by atoms with Gasteiger partial charge in [-0.15, -0.1) is 0 Å². The Balaban J connectivity index is 1.51. The number of likely N-dealkylation sites (N-methyl/N-ethyl adjacent to an activating group) is 1. The summed E-state index contributed by atoms with van der Waals surface area (Å²) in [5.74, 6) is 1.74. The van der Waals surface area contributed by atoms with Crippen LogP contribution in [0.4, 0.5) is 4.79 Å². The van der Waals surface area contributed by atoms with Crippen molar-refractivity contribution in [1.29, 1.82) is 0 Å². The molecule has 1 fully saturated rings. The maximum atomic E-state index is 12.1. The number of hydrogen-bond donors (Lipinski definition) is 2. The van der Waals surface area contributed by atoms with E-state index in [0.29, 0.717) is 24.9 Å². The van der Waals surface area contributed by atoms with Crippen LogP contribution < -0.4 is 10.6 Å². The van der Waals surface area contributed by atoms with Crippen LogP contribution in [0, 0.1) is 12.8 Å². The smallest absolute Gasteiger partial charge is 0.315 e. The molecule has 3 rings (SSSR count). The van der Waals surface area contributed by atoms with Crippen LogP contribution in [0.25, 0.3) is 0 Å². The van der Waals surface area contributed by atoms with Gasteiger partial charge in [0.1, 0.15) is 5.76 Å². The average molecular weight is 327 g/mol. The summed E-state index contributed by atoms with van der Waals surface area (Å²) in [6.07, 6.45) is 1.64. The van der Waals surface area contributed by atoms with Gasteiger partial charge < -0.3 is 20.0 Å². The Bertz CT molecular complexity index is 668. The second kappa shape index (κ2) is 7.53. The lowest BCUT2D eigenvalue weighted by Gasteiger charge is -2.19. The molecule has 0 saturated carbocycles. The second-order valence-corrected chi connectivity index (χ2v) is 6.56. The number of amides is 2. The number of benzene rings is 1. The van der Waals surface area contributed by atoms with Gasteiger partial charge in [0.2, 0.25) is 0 Å². The summed E-state index contributed by atoms with van der Waals surface area (Å²) in [5.41, 5.74) is 2.36. The van der Waals surface area contributed by atoms with Gasteiger partial charge >= 0.3 is 6.03 Å². The molecular weight excluding hydrogens is 302 g/mol. The number of nitrogens with one attached hydrogen (secondary N) is 2. The molecule has 0 spiro atoms. The topological polar surface area (TPSA) is 57.5 Å². The molecule has 128 valence electrons. The molecule has 2 atom stereocenters. The van der Waals surface area contributed by atoms with Crippen molar-refractivity contribution in [3.05, 3.63) is 59.5 Å². The first-order chi connectivity index (χ1) is 11.6. The Hall–Kier alpha value is -2.27. The van der Waals surface area contributed by atoms with Crippen LogP contribution in [0.3, 0.4) is 0 Å². The molecule has 0 radical (unpaired) electrons. The van der Waals surface area contributed by atoms with Crippen LogP contribution in [0.5, 0.6) is 0 Å². The molecule has 1 saturated heterocycles. The summed E-state index contributed by atoms with van der Waals surface area (Å²) in [6, 6.07) is 12.3. The third kappa shape index (κ3) is 3.97. The molecule has 5 nitrogen and oxygen atoms in total. The molecule has 1 aromatic heterocycles. The lowest BCUT2D eigenvalue weighted by Crippen LogP contribution is -2.39. The number of furan rings is 1. The van der Waals surface area contributed by atoms with Gasteiger partial charge in [0, 0.05) is 37.7 Å². The van der Waals surface area contributed by atoms with Gasteiger partial charge in [-0.25, -0.2) is 4.79 Å². The van der Waals surface area contributed by atoms with Crippen LogP contribution >= 0.6 is 0 Å². The molecule has 0 aliphatic carbocycles. The van der Waals surface area contributed by atoms with E-state index in [-0.39, 0.29) is 6.03 Å². The van der Waals surface area contributed by atoms with Crippen molar-refractivity contribution in [2.24, 2.45) is 5.92 Å². The van der Waals surface area contributed by atoms with E-state index in [2.05, 4.69) is 46.8 Å². The van der Waals surface area contributed by atoms with E-state index in [1.165, 1.54) is 5.56 Å². The molecule has 2 amide bonds. The Kier molecular flexibility index (Phi) is 5.20. The summed E-state index contributed by atoms with van der Waals surface area (Å²) < 4.78 is 5.24. The van der Waals surface area contributed by atoms with Crippen molar-refractivity contribution in [3.63, 3.8) is 0 Å². The monoisotopic (exact) mass is 327 g/mol. The first-order valence-electron chi connectivity index (χ1n) is 8.41. The maximum absolute atomic E-state index is 12.1. The summed E-state index contributed by atoms with van der Waals surface area (Å²) in [5, 5.41) is 5.91. The predicted octanol–water partition coefficient (Wildman–Crippen LogP) is 2.73. The minimum absolute atomic E-state index is 0.128. The molecule has 0 bridgehead atoms. The van der Waals surface area contributed by atoms with Crippen molar-refractivity contribution in [1.82, 2.24) is 15.5 Å². The Labute approximate surface area is 143 Å². The van der Waals surface area contributed by atoms with E-state index in [1.54, 1.807) is 6.26 Å². The van der Waals surface area contributed by atoms with E-state index in [1.807, 2.05) is 19.1 Å². The van der Waals surface area contributed by atoms with Crippen LogP contribution in [-0.4, -0.2) is 37.6 Å². The third-order valence-corrected chi connectivity index (χ3v) is 4.78. The molecule has 1 aliphatic rings. The van der Waals surface area contributed by atoms with Gasteiger partial charge in [0.25, 0.3) is 0 Å². The molecule has 1 aromatic carbocycles. The molecule has 24 heavy (non-hydrogen) atoms. The van der Waals surface area contributed by atoms with E-state index in [0.717, 1.165) is 24.4 Å². The van der Waals surface area contributed by atoms with Crippen LogP contribution in [0.15, 0.2) is 47.1 Å². The lowest BCUT2D eigenvalue weighted by atomic mass is 9.89. The molecule has 5 heteroatoms. The highest BCUT2D eigenvalue weighted by Gasteiger charge is 2.31. The van der Waals surface area contributed by atoms with E-state index >= 15 is 0 Å². The van der Waals surface area contributed by atoms with Gasteiger partial charge in [-0.05, 0) is 31.5 Å². The quantitative estimate of drug-likeness (QED) is 0.888. The van der Waals surface area contributed by atoms with Crippen molar-refractivity contribution in [2.45, 2.75) is 19.4 Å². The average Bonchev–Trinajstić information content (AvgIpc) is 3.17.